The number of aliphatic carboxylic acids is 1. The molecular formula is C42H82O2. The number of rotatable bonds is 36. The van der Waals surface area contributed by atoms with E-state index in [1.807, 2.05) is 0 Å². The molecule has 0 aromatic heterocycles. The van der Waals surface area contributed by atoms with Crippen LogP contribution in [0, 0.1) is 11.3 Å². The monoisotopic (exact) mass is 619 g/mol. The van der Waals surface area contributed by atoms with E-state index in [4.69, 9.17) is 0 Å². The topological polar surface area (TPSA) is 37.3 Å². The molecule has 1 atom stereocenters. The highest BCUT2D eigenvalue weighted by atomic mass is 16.4. The molecule has 0 fully saturated rings. The Kier molecular flexibility index (Phi) is 33.0. The molecular weight excluding hydrogens is 536 g/mol. The summed E-state index contributed by atoms with van der Waals surface area (Å²) < 4.78 is 0. The lowest BCUT2D eigenvalue weighted by Gasteiger charge is -2.38. The van der Waals surface area contributed by atoms with E-state index in [1.54, 1.807) is 0 Å². The maximum atomic E-state index is 13.3. The van der Waals surface area contributed by atoms with E-state index in [-0.39, 0.29) is 0 Å². The lowest BCUT2D eigenvalue weighted by atomic mass is 9.65. The summed E-state index contributed by atoms with van der Waals surface area (Å²) in [6.07, 6.45) is 46.0. The van der Waals surface area contributed by atoms with Gasteiger partial charge in [0, 0.05) is 0 Å². The van der Waals surface area contributed by atoms with Gasteiger partial charge in [-0.15, -0.1) is 0 Å². The number of carbonyl (C=O) groups is 1. The van der Waals surface area contributed by atoms with Crippen molar-refractivity contribution in [3.63, 3.8) is 0 Å². The first-order valence-corrected chi connectivity index (χ1v) is 20.5. The van der Waals surface area contributed by atoms with Crippen LogP contribution in [0.15, 0.2) is 12.2 Å². The summed E-state index contributed by atoms with van der Waals surface area (Å²) in [5, 5.41) is 10.9. The zero-order chi connectivity index (χ0) is 32.4. The predicted molar refractivity (Wildman–Crippen MR) is 198 cm³/mol. The van der Waals surface area contributed by atoms with Crippen molar-refractivity contribution in [2.45, 2.75) is 240 Å². The third-order valence-electron chi connectivity index (χ3n) is 10.4. The Bertz CT molecular complexity index is 593. The Balaban J connectivity index is 5.15. The quantitative estimate of drug-likeness (QED) is 0.0560. The van der Waals surface area contributed by atoms with E-state index in [1.165, 1.54) is 173 Å². The second-order valence-electron chi connectivity index (χ2n) is 14.4. The highest BCUT2D eigenvalue weighted by Crippen LogP contribution is 2.45. The fourth-order valence-corrected chi connectivity index (χ4v) is 7.34. The zero-order valence-electron chi connectivity index (χ0n) is 30.9. The van der Waals surface area contributed by atoms with E-state index in [0.717, 1.165) is 38.5 Å². The third kappa shape index (κ3) is 24.4. The van der Waals surface area contributed by atoms with E-state index < -0.39 is 11.4 Å². The predicted octanol–water partition coefficient (Wildman–Crippen LogP) is 15.2. The minimum Gasteiger partial charge on any atom is -0.481 e. The van der Waals surface area contributed by atoms with Crippen LogP contribution in [0.4, 0.5) is 0 Å². The largest absolute Gasteiger partial charge is 0.481 e. The van der Waals surface area contributed by atoms with Gasteiger partial charge in [-0.05, 0) is 57.3 Å². The van der Waals surface area contributed by atoms with E-state index in [2.05, 4.69) is 39.8 Å². The first-order chi connectivity index (χ1) is 21.6. The van der Waals surface area contributed by atoms with Crippen LogP contribution in [-0.2, 0) is 4.79 Å². The van der Waals surface area contributed by atoms with E-state index in [9.17, 15) is 9.90 Å². The third-order valence-corrected chi connectivity index (χ3v) is 10.4. The first-order valence-electron chi connectivity index (χ1n) is 20.5. The van der Waals surface area contributed by atoms with Gasteiger partial charge in [-0.25, -0.2) is 0 Å². The number of hydrogen-bond acceptors (Lipinski definition) is 1. The number of carboxylic acids is 1. The zero-order valence-corrected chi connectivity index (χ0v) is 30.9. The summed E-state index contributed by atoms with van der Waals surface area (Å²) in [7, 11) is 0. The van der Waals surface area contributed by atoms with Gasteiger partial charge in [0.15, 0.2) is 0 Å². The van der Waals surface area contributed by atoms with Crippen LogP contribution in [0.2, 0.25) is 0 Å². The minimum atomic E-state index is -0.504. The Hall–Kier alpha value is -0.790. The van der Waals surface area contributed by atoms with Gasteiger partial charge >= 0.3 is 5.97 Å². The highest BCUT2D eigenvalue weighted by Gasteiger charge is 2.43. The molecule has 0 aliphatic rings. The lowest BCUT2D eigenvalue weighted by Crippen LogP contribution is -2.39. The van der Waals surface area contributed by atoms with Gasteiger partial charge in [-0.1, -0.05) is 200 Å². The number of allylic oxidation sites excluding steroid dienone is 2. The van der Waals surface area contributed by atoms with Gasteiger partial charge in [0.05, 0.1) is 5.41 Å². The van der Waals surface area contributed by atoms with Crippen LogP contribution in [0.3, 0.4) is 0 Å². The summed E-state index contributed by atoms with van der Waals surface area (Å²) in [6.45, 7) is 9.12. The SMILES string of the molecule is CCCCCCCCC=CCCCCCC(CCCCCCCC)C(CCCCCCCC)(CCCCCCCC)C(=O)O. The Morgan fingerprint density at radius 1 is 0.455 bits per heavy atom. The maximum absolute atomic E-state index is 13.3. The summed E-state index contributed by atoms with van der Waals surface area (Å²) in [4.78, 5) is 13.3. The first kappa shape index (κ1) is 43.2. The molecule has 0 saturated heterocycles. The molecule has 0 amide bonds. The lowest BCUT2D eigenvalue weighted by molar-refractivity contribution is -0.155. The highest BCUT2D eigenvalue weighted by molar-refractivity contribution is 5.75. The van der Waals surface area contributed by atoms with Crippen molar-refractivity contribution >= 4 is 5.97 Å². The summed E-state index contributed by atoms with van der Waals surface area (Å²) in [5.41, 5.74) is -0.504. The molecule has 0 bridgehead atoms. The Morgan fingerprint density at radius 3 is 1.11 bits per heavy atom. The smallest absolute Gasteiger partial charge is 0.309 e. The van der Waals surface area contributed by atoms with Crippen LogP contribution in [0.1, 0.15) is 240 Å². The van der Waals surface area contributed by atoms with Crippen molar-refractivity contribution in [3.8, 4) is 0 Å². The van der Waals surface area contributed by atoms with Crippen LogP contribution < -0.4 is 0 Å². The molecule has 0 rings (SSSR count). The Morgan fingerprint density at radius 2 is 0.750 bits per heavy atom. The fourth-order valence-electron chi connectivity index (χ4n) is 7.34. The number of unbranched alkanes of at least 4 members (excludes halogenated alkanes) is 24. The molecule has 0 saturated carbocycles. The molecule has 0 aliphatic carbocycles. The summed E-state index contributed by atoms with van der Waals surface area (Å²) in [5.74, 6) is -0.117. The molecule has 0 radical (unpaired) electrons. The second-order valence-corrected chi connectivity index (χ2v) is 14.4. The van der Waals surface area contributed by atoms with Gasteiger partial charge in [0.25, 0.3) is 0 Å². The van der Waals surface area contributed by atoms with Crippen molar-refractivity contribution in [3.05, 3.63) is 12.2 Å². The molecule has 2 nitrogen and oxygen atoms in total. The van der Waals surface area contributed by atoms with Gasteiger partial charge < -0.3 is 5.11 Å². The summed E-state index contributed by atoms with van der Waals surface area (Å²) in [6, 6.07) is 0. The number of carboxylic acid groups (broad SMARTS) is 1. The van der Waals surface area contributed by atoms with Crippen LogP contribution in [0.25, 0.3) is 0 Å². The molecule has 0 aromatic rings. The van der Waals surface area contributed by atoms with E-state index in [0.29, 0.717) is 5.92 Å². The van der Waals surface area contributed by atoms with Gasteiger partial charge in [-0.2, -0.15) is 0 Å². The normalized spacial score (nSPS) is 12.8. The molecule has 0 spiro atoms. The van der Waals surface area contributed by atoms with Gasteiger partial charge in [-0.3, -0.25) is 4.79 Å². The Labute approximate surface area is 278 Å². The molecule has 1 unspecified atom stereocenters. The van der Waals surface area contributed by atoms with Gasteiger partial charge in [0.2, 0.25) is 0 Å². The van der Waals surface area contributed by atoms with Crippen molar-refractivity contribution in [1.29, 1.82) is 0 Å². The maximum Gasteiger partial charge on any atom is 0.309 e. The summed E-state index contributed by atoms with van der Waals surface area (Å²) >= 11 is 0. The molecule has 0 aromatic carbocycles. The molecule has 0 aliphatic heterocycles. The second kappa shape index (κ2) is 33.6. The molecule has 0 heterocycles. The van der Waals surface area contributed by atoms with Crippen LogP contribution >= 0.6 is 0 Å². The average molecular weight is 619 g/mol. The molecule has 262 valence electrons. The molecule has 2 heteroatoms. The average Bonchev–Trinajstić information content (AvgIpc) is 3.02. The van der Waals surface area contributed by atoms with Crippen molar-refractivity contribution in [1.82, 2.24) is 0 Å². The fraction of sp³-hybridized carbons (Fsp3) is 0.929. The molecule has 44 heavy (non-hydrogen) atoms. The van der Waals surface area contributed by atoms with Gasteiger partial charge in [0.1, 0.15) is 0 Å². The van der Waals surface area contributed by atoms with Crippen molar-refractivity contribution in [2.75, 3.05) is 0 Å². The van der Waals surface area contributed by atoms with Crippen molar-refractivity contribution < 1.29 is 9.90 Å². The van der Waals surface area contributed by atoms with E-state index >= 15 is 0 Å². The van der Waals surface area contributed by atoms with Crippen LogP contribution in [-0.4, -0.2) is 11.1 Å². The standard InChI is InChI=1S/C42H82O2/c1-5-9-13-17-21-22-23-24-25-26-27-29-33-37-40(36-32-28-18-14-10-6-2)42(41(43)44,38-34-30-19-15-11-7-3)39-35-31-20-16-12-8-4/h24-25,40H,5-23,26-39H2,1-4H3,(H,43,44). The minimum absolute atomic E-state index is 0.348. The van der Waals surface area contributed by atoms with Crippen LogP contribution in [0.5, 0.6) is 0 Å². The van der Waals surface area contributed by atoms with Crippen molar-refractivity contribution in [2.24, 2.45) is 11.3 Å². The number of hydrogen-bond donors (Lipinski definition) is 1. The molecule has 1 N–H and O–H groups in total.